The molecule has 0 saturated heterocycles. The van der Waals surface area contributed by atoms with Crippen molar-refractivity contribution in [2.75, 3.05) is 13.2 Å². The molecule has 0 aliphatic carbocycles. The highest BCUT2D eigenvalue weighted by Crippen LogP contribution is 1.88. The molecule has 0 aromatic carbocycles. The topological polar surface area (TPSA) is 84.8 Å². The summed E-state index contributed by atoms with van der Waals surface area (Å²) in [6, 6.07) is 0. The van der Waals surface area contributed by atoms with E-state index in [0.717, 1.165) is 0 Å². The summed E-state index contributed by atoms with van der Waals surface area (Å²) in [6.45, 7) is 5.42. The number of carboxylic acid groups (broad SMARTS) is 1. The molecule has 0 bridgehead atoms. The van der Waals surface area contributed by atoms with Crippen LogP contribution < -0.4 is 6.15 Å². The molecule has 5 nitrogen and oxygen atoms in total. The van der Waals surface area contributed by atoms with Gasteiger partial charge in [0.2, 0.25) is 0 Å². The predicted octanol–water partition coefficient (Wildman–Crippen LogP) is 0.630. The number of aliphatic carboxylic acids is 1. The highest BCUT2D eigenvalue weighted by Gasteiger charge is 2.02. The van der Waals surface area contributed by atoms with Crippen LogP contribution in [0.2, 0.25) is 0 Å². The van der Waals surface area contributed by atoms with E-state index in [4.69, 9.17) is 9.94 Å². The molecule has 0 aliphatic heterocycles. The SMILES string of the molecule is C=CN(CC(=O)O)OCC.N. The average Bonchev–Trinajstić information content (AvgIpc) is 1.86. The number of nitrogens with zero attached hydrogens (tertiary/aromatic N) is 1. The zero-order chi connectivity index (χ0) is 7.98. The second-order valence-corrected chi connectivity index (χ2v) is 1.57. The van der Waals surface area contributed by atoms with Crippen molar-refractivity contribution in [2.45, 2.75) is 6.92 Å². The van der Waals surface area contributed by atoms with Gasteiger partial charge in [0.25, 0.3) is 0 Å². The van der Waals surface area contributed by atoms with Crippen molar-refractivity contribution in [1.29, 1.82) is 0 Å². The van der Waals surface area contributed by atoms with E-state index in [1.165, 1.54) is 11.3 Å². The molecule has 0 aromatic heterocycles. The van der Waals surface area contributed by atoms with Crippen LogP contribution in [-0.2, 0) is 9.63 Å². The molecular weight excluding hydrogens is 148 g/mol. The molecule has 0 fully saturated rings. The Kier molecular flexibility index (Phi) is 8.06. The van der Waals surface area contributed by atoms with Crippen molar-refractivity contribution in [2.24, 2.45) is 0 Å². The summed E-state index contributed by atoms with van der Waals surface area (Å²) >= 11 is 0. The van der Waals surface area contributed by atoms with E-state index in [9.17, 15) is 4.79 Å². The average molecular weight is 162 g/mol. The maximum Gasteiger partial charge on any atom is 0.325 e. The fourth-order valence-corrected chi connectivity index (χ4v) is 0.462. The highest BCUT2D eigenvalue weighted by atomic mass is 16.7. The van der Waals surface area contributed by atoms with Gasteiger partial charge in [-0.15, -0.1) is 0 Å². The van der Waals surface area contributed by atoms with Crippen molar-refractivity contribution in [3.8, 4) is 0 Å². The first kappa shape index (κ1) is 12.6. The fourth-order valence-electron chi connectivity index (χ4n) is 0.462. The number of carboxylic acids is 1. The lowest BCUT2D eigenvalue weighted by Gasteiger charge is -2.14. The molecule has 0 heterocycles. The Hall–Kier alpha value is -1.07. The van der Waals surface area contributed by atoms with Crippen LogP contribution in [0.5, 0.6) is 0 Å². The number of hydrogen-bond acceptors (Lipinski definition) is 4. The predicted molar refractivity (Wildman–Crippen MR) is 41.2 cm³/mol. The second kappa shape index (κ2) is 7.04. The molecular formula is C6H14N2O3. The molecule has 0 aromatic rings. The minimum absolute atomic E-state index is 0. The van der Waals surface area contributed by atoms with Crippen molar-refractivity contribution in [3.63, 3.8) is 0 Å². The van der Waals surface area contributed by atoms with Gasteiger partial charge in [0.05, 0.1) is 6.61 Å². The lowest BCUT2D eigenvalue weighted by molar-refractivity contribution is -0.156. The summed E-state index contributed by atoms with van der Waals surface area (Å²) in [4.78, 5) is 14.9. The molecule has 0 saturated carbocycles. The van der Waals surface area contributed by atoms with E-state index in [2.05, 4.69) is 6.58 Å². The van der Waals surface area contributed by atoms with Crippen molar-refractivity contribution < 1.29 is 14.7 Å². The maximum atomic E-state index is 10.1. The van der Waals surface area contributed by atoms with Crippen LogP contribution in [0.15, 0.2) is 12.8 Å². The fraction of sp³-hybridized carbons (Fsp3) is 0.500. The van der Waals surface area contributed by atoms with Gasteiger partial charge in [-0.1, -0.05) is 6.58 Å². The first-order valence-corrected chi connectivity index (χ1v) is 2.94. The Balaban J connectivity index is 0. The van der Waals surface area contributed by atoms with Gasteiger partial charge >= 0.3 is 5.97 Å². The number of rotatable bonds is 5. The third-order valence-corrected chi connectivity index (χ3v) is 0.790. The van der Waals surface area contributed by atoms with Crippen LogP contribution >= 0.6 is 0 Å². The van der Waals surface area contributed by atoms with Crippen molar-refractivity contribution in [1.82, 2.24) is 11.2 Å². The monoisotopic (exact) mass is 162 g/mol. The van der Waals surface area contributed by atoms with Crippen LogP contribution in [0.3, 0.4) is 0 Å². The van der Waals surface area contributed by atoms with Crippen LogP contribution in [0.25, 0.3) is 0 Å². The third-order valence-electron chi connectivity index (χ3n) is 0.790. The van der Waals surface area contributed by atoms with E-state index in [1.54, 1.807) is 6.92 Å². The first-order chi connectivity index (χ1) is 4.70. The van der Waals surface area contributed by atoms with Gasteiger partial charge in [-0.3, -0.25) is 14.7 Å². The highest BCUT2D eigenvalue weighted by molar-refractivity contribution is 5.69. The number of carbonyl (C=O) groups is 1. The molecule has 11 heavy (non-hydrogen) atoms. The van der Waals surface area contributed by atoms with Gasteiger partial charge in [-0.05, 0) is 6.92 Å². The molecule has 0 unspecified atom stereocenters. The molecule has 0 atom stereocenters. The molecule has 5 heteroatoms. The summed E-state index contributed by atoms with van der Waals surface area (Å²) in [5, 5.41) is 9.44. The van der Waals surface area contributed by atoms with Crippen LogP contribution in [0, 0.1) is 0 Å². The standard InChI is InChI=1S/C6H11NO3.H3N/c1-3-7(10-4-2)5-6(8)9;/h3H,1,4-5H2,2H3,(H,8,9);1H3. The van der Waals surface area contributed by atoms with E-state index in [1.807, 2.05) is 0 Å². The van der Waals surface area contributed by atoms with Crippen molar-refractivity contribution >= 4 is 5.97 Å². The Labute approximate surface area is 65.8 Å². The van der Waals surface area contributed by atoms with Gasteiger partial charge in [0.1, 0.15) is 6.54 Å². The largest absolute Gasteiger partial charge is 0.480 e. The van der Waals surface area contributed by atoms with E-state index >= 15 is 0 Å². The molecule has 0 aliphatic rings. The smallest absolute Gasteiger partial charge is 0.325 e. The summed E-state index contributed by atoms with van der Waals surface area (Å²) in [6.07, 6.45) is 1.33. The molecule has 0 radical (unpaired) electrons. The first-order valence-electron chi connectivity index (χ1n) is 2.94. The van der Waals surface area contributed by atoms with E-state index < -0.39 is 5.97 Å². The van der Waals surface area contributed by atoms with Crippen LogP contribution in [0.1, 0.15) is 6.92 Å². The van der Waals surface area contributed by atoms with Crippen molar-refractivity contribution in [3.05, 3.63) is 12.8 Å². The molecule has 0 spiro atoms. The summed E-state index contributed by atoms with van der Waals surface area (Å²) in [5.74, 6) is -0.937. The Morgan fingerprint density at radius 3 is 2.64 bits per heavy atom. The van der Waals surface area contributed by atoms with Gasteiger partial charge in [-0.2, -0.15) is 0 Å². The lowest BCUT2D eigenvalue weighted by atomic mass is 10.6. The number of hydroxylamine groups is 2. The van der Waals surface area contributed by atoms with Crippen LogP contribution in [-0.4, -0.2) is 29.3 Å². The Morgan fingerprint density at radius 1 is 1.82 bits per heavy atom. The van der Waals surface area contributed by atoms with Gasteiger partial charge < -0.3 is 11.3 Å². The number of hydrogen-bond donors (Lipinski definition) is 2. The second-order valence-electron chi connectivity index (χ2n) is 1.57. The summed E-state index contributed by atoms with van der Waals surface area (Å²) in [5.41, 5.74) is 0. The van der Waals surface area contributed by atoms with E-state index in [0.29, 0.717) is 6.61 Å². The molecule has 66 valence electrons. The summed E-state index contributed by atoms with van der Waals surface area (Å²) in [7, 11) is 0. The van der Waals surface area contributed by atoms with E-state index in [-0.39, 0.29) is 12.7 Å². The molecule has 0 rings (SSSR count). The van der Waals surface area contributed by atoms with Crippen LogP contribution in [0.4, 0.5) is 0 Å². The normalized spacial score (nSPS) is 8.09. The van der Waals surface area contributed by atoms with Gasteiger partial charge in [0.15, 0.2) is 0 Å². The molecule has 0 amide bonds. The quantitative estimate of drug-likeness (QED) is 0.579. The maximum absolute atomic E-state index is 10.1. The molecule has 4 N–H and O–H groups in total. The Morgan fingerprint density at radius 2 is 2.36 bits per heavy atom. The zero-order valence-electron chi connectivity index (χ0n) is 6.62. The van der Waals surface area contributed by atoms with Gasteiger partial charge in [-0.25, -0.2) is 0 Å². The third kappa shape index (κ3) is 6.82. The minimum atomic E-state index is -0.937. The summed E-state index contributed by atoms with van der Waals surface area (Å²) < 4.78 is 0. The minimum Gasteiger partial charge on any atom is -0.480 e. The Bertz CT molecular complexity index is 127. The van der Waals surface area contributed by atoms with Gasteiger partial charge in [0, 0.05) is 6.20 Å². The lowest BCUT2D eigenvalue weighted by Crippen LogP contribution is -2.24. The zero-order valence-corrected chi connectivity index (χ0v) is 6.62.